The average molecular weight is 259 g/mol. The molecule has 0 amide bonds. The first-order valence-corrected chi connectivity index (χ1v) is 4.15. The molecule has 76 valence electrons. The zero-order valence-corrected chi connectivity index (χ0v) is 8.13. The van der Waals surface area contributed by atoms with Crippen LogP contribution in [0.5, 0.6) is 0 Å². The molecule has 0 radical (unpaired) electrons. The molecule has 1 aromatic rings. The number of aromatic carboxylic acids is 2. The molecule has 1 aromatic carbocycles. The Bertz CT molecular complexity index is 380. The van der Waals surface area contributed by atoms with E-state index >= 15 is 0 Å². The van der Waals surface area contributed by atoms with Gasteiger partial charge in [0.05, 0.1) is 21.2 Å². The van der Waals surface area contributed by atoms with E-state index in [2.05, 4.69) is 0 Å². The van der Waals surface area contributed by atoms with E-state index < -0.39 is 23.1 Å². The Morgan fingerprint density at radius 2 is 1.20 bits per heavy atom. The van der Waals surface area contributed by atoms with Gasteiger partial charge in [-0.15, -0.1) is 0 Å². The topological polar surface area (TPSA) is 74.6 Å². The number of hydrogen-bond donors (Lipinski definition) is 2. The van der Waals surface area contributed by atoms with Crippen LogP contribution in [0.1, 0.15) is 20.7 Å². The van der Waals surface area contributed by atoms with Crippen molar-refractivity contribution in [1.82, 2.24) is 0 Å². The van der Waals surface area contributed by atoms with Crippen molar-refractivity contribution in [1.29, 1.82) is 0 Å². The molecule has 0 spiro atoms. The molecule has 4 nitrogen and oxygen atoms in total. The second-order valence-electron chi connectivity index (χ2n) is 2.39. The van der Waals surface area contributed by atoms with Crippen LogP contribution in [-0.2, 0) is 0 Å². The number of carbonyl (C=O) groups is 2. The Balaban J connectivity index is 0.00000196. The summed E-state index contributed by atoms with van der Waals surface area (Å²) < 4.78 is 0. The van der Waals surface area contributed by atoms with Gasteiger partial charge in [-0.05, 0) is 12.1 Å². The molecule has 7 heteroatoms. The van der Waals surface area contributed by atoms with Crippen molar-refractivity contribution in [2.45, 2.75) is 0 Å². The van der Waals surface area contributed by atoms with Crippen LogP contribution >= 0.6 is 23.2 Å². The maximum absolute atomic E-state index is 10.7. The summed E-state index contributed by atoms with van der Waals surface area (Å²) in [6.07, 6.45) is 0. The van der Waals surface area contributed by atoms with E-state index in [0.29, 0.717) is 0 Å². The predicted molar refractivity (Wildman–Crippen MR) is 57.5 cm³/mol. The van der Waals surface area contributed by atoms with E-state index in [0.717, 1.165) is 0 Å². The molecule has 0 aromatic heterocycles. The monoisotopic (exact) mass is 258 g/mol. The molecule has 0 atom stereocenters. The van der Waals surface area contributed by atoms with E-state index in [1.165, 1.54) is 12.1 Å². The molecule has 2 N–H and O–H groups in total. The van der Waals surface area contributed by atoms with Gasteiger partial charge in [0.25, 0.3) is 0 Å². The summed E-state index contributed by atoms with van der Waals surface area (Å²) in [7, 11) is 0. The van der Waals surface area contributed by atoms with Gasteiger partial charge in [-0.2, -0.15) is 0 Å². The molecule has 0 aliphatic rings. The van der Waals surface area contributed by atoms with Gasteiger partial charge >= 0.3 is 41.5 Å². The molecule has 0 aliphatic carbocycles. The van der Waals surface area contributed by atoms with Crippen LogP contribution in [0, 0.1) is 0 Å². The second kappa shape index (κ2) is 5.72. The van der Waals surface area contributed by atoms with Gasteiger partial charge in [0, 0.05) is 0 Å². The van der Waals surface area contributed by atoms with Crippen LogP contribution in [0.25, 0.3) is 0 Å². The molecule has 0 fully saturated rings. The van der Waals surface area contributed by atoms with E-state index in [4.69, 9.17) is 33.4 Å². The molecule has 0 saturated carbocycles. The Kier molecular flexibility index (Phi) is 5.62. The molecule has 0 unspecified atom stereocenters. The van der Waals surface area contributed by atoms with Gasteiger partial charge in [0.2, 0.25) is 0 Å². The van der Waals surface area contributed by atoms with Crippen LogP contribution in [0.15, 0.2) is 12.1 Å². The molecule has 0 saturated heterocycles. The second-order valence-corrected chi connectivity index (χ2v) is 3.20. The van der Waals surface area contributed by atoms with Crippen molar-refractivity contribution in [3.63, 3.8) is 0 Å². The van der Waals surface area contributed by atoms with Crippen LogP contribution in [0.2, 0.25) is 10.0 Å². The van der Waals surface area contributed by atoms with Crippen molar-refractivity contribution < 1.29 is 19.8 Å². The summed E-state index contributed by atoms with van der Waals surface area (Å²) in [5.41, 5.74) is -0.988. The molecule has 0 aliphatic heterocycles. The molecule has 0 bridgehead atoms. The first-order valence-electron chi connectivity index (χ1n) is 3.39. The number of carboxylic acids is 2. The van der Waals surface area contributed by atoms with E-state index in [9.17, 15) is 9.59 Å². The fourth-order valence-corrected chi connectivity index (χ4v) is 1.45. The van der Waals surface area contributed by atoms with Crippen LogP contribution < -0.4 is 0 Å². The number of hydrogen-bond acceptors (Lipinski definition) is 2. The Labute approximate surface area is 117 Å². The Morgan fingerprint density at radius 3 is 1.40 bits per heavy atom. The van der Waals surface area contributed by atoms with Crippen molar-refractivity contribution in [3.8, 4) is 0 Å². The first kappa shape index (κ1) is 14.7. The van der Waals surface area contributed by atoms with Crippen molar-refractivity contribution in [2.24, 2.45) is 0 Å². The third-order valence-corrected chi connectivity index (χ3v) is 2.16. The third kappa shape index (κ3) is 3.09. The van der Waals surface area contributed by atoms with Gasteiger partial charge < -0.3 is 10.2 Å². The summed E-state index contributed by atoms with van der Waals surface area (Å²) in [5, 5.41) is 17.1. The maximum atomic E-state index is 10.7. The average Bonchev–Trinajstić information content (AvgIpc) is 2.07. The molecule has 15 heavy (non-hydrogen) atoms. The Morgan fingerprint density at radius 1 is 0.933 bits per heavy atom. The van der Waals surface area contributed by atoms with Gasteiger partial charge in [0.1, 0.15) is 0 Å². The third-order valence-electron chi connectivity index (χ3n) is 1.53. The van der Waals surface area contributed by atoms with Gasteiger partial charge in [0.15, 0.2) is 0 Å². The van der Waals surface area contributed by atoms with Gasteiger partial charge in [-0.3, -0.25) is 0 Å². The minimum atomic E-state index is -1.42. The quantitative estimate of drug-likeness (QED) is 0.793. The minimum absolute atomic E-state index is 0. The zero-order chi connectivity index (χ0) is 10.9. The van der Waals surface area contributed by atoms with Gasteiger partial charge in [-0.25, -0.2) is 9.59 Å². The summed E-state index contributed by atoms with van der Waals surface area (Å²) in [6.45, 7) is 0. The fraction of sp³-hybridized carbons (Fsp3) is 0. The SMILES string of the molecule is O=C(O)c1c(Cl)ccc(Cl)c1C(=O)O.[NaH]. The van der Waals surface area contributed by atoms with Crippen LogP contribution in [-0.4, -0.2) is 51.7 Å². The first-order chi connectivity index (χ1) is 6.45. The van der Waals surface area contributed by atoms with E-state index in [-0.39, 0.29) is 39.6 Å². The molecular weight excluding hydrogens is 254 g/mol. The van der Waals surface area contributed by atoms with Gasteiger partial charge in [-0.1, -0.05) is 23.2 Å². The fourth-order valence-electron chi connectivity index (χ4n) is 0.970. The van der Waals surface area contributed by atoms with E-state index in [1.54, 1.807) is 0 Å². The van der Waals surface area contributed by atoms with E-state index in [1.807, 2.05) is 0 Å². The normalized spacial score (nSPS) is 9.20. The predicted octanol–water partition coefficient (Wildman–Crippen LogP) is 1.74. The molecular formula is C8H5Cl2NaO4. The molecule has 1 rings (SSSR count). The number of carboxylic acid groups (broad SMARTS) is 2. The standard InChI is InChI=1S/C8H4Cl2O4.Na.H/c9-3-1-2-4(10)6(8(13)14)5(3)7(11)12;;/h1-2H,(H,11,12)(H,13,14);;. The van der Waals surface area contributed by atoms with Crippen LogP contribution in [0.4, 0.5) is 0 Å². The Hall–Kier alpha value is -0.260. The molecule has 0 heterocycles. The van der Waals surface area contributed by atoms with Crippen molar-refractivity contribution in [3.05, 3.63) is 33.3 Å². The summed E-state index contributed by atoms with van der Waals surface area (Å²) in [5.74, 6) is -2.84. The summed E-state index contributed by atoms with van der Waals surface area (Å²) in [4.78, 5) is 21.4. The van der Waals surface area contributed by atoms with Crippen molar-refractivity contribution >= 4 is 64.7 Å². The number of rotatable bonds is 2. The number of halogens is 2. The summed E-state index contributed by atoms with van der Waals surface area (Å²) >= 11 is 11.1. The van der Waals surface area contributed by atoms with Crippen LogP contribution in [0.3, 0.4) is 0 Å². The summed E-state index contributed by atoms with van der Waals surface area (Å²) in [6, 6.07) is 2.47. The van der Waals surface area contributed by atoms with Crippen molar-refractivity contribution in [2.75, 3.05) is 0 Å². The number of benzene rings is 1. The zero-order valence-electron chi connectivity index (χ0n) is 6.62.